The lowest BCUT2D eigenvalue weighted by molar-refractivity contribution is -0.114. The summed E-state index contributed by atoms with van der Waals surface area (Å²) in [5, 5.41) is 1.25. The van der Waals surface area contributed by atoms with Crippen LogP contribution >= 0.6 is 22.9 Å². The fourth-order valence-electron chi connectivity index (χ4n) is 2.09. The Hall–Kier alpha value is -1.72. The van der Waals surface area contributed by atoms with Crippen LogP contribution in [0.1, 0.15) is 20.2 Å². The number of hydrogen-bond acceptors (Lipinski definition) is 4. The molecule has 19 heavy (non-hydrogen) atoms. The highest BCUT2D eigenvalue weighted by molar-refractivity contribution is 7.11. The Labute approximate surface area is 118 Å². The zero-order valence-electron chi connectivity index (χ0n) is 10.0. The van der Waals surface area contributed by atoms with Crippen LogP contribution in [0.4, 0.5) is 5.69 Å². The Kier molecular flexibility index (Phi) is 2.88. The largest absolute Gasteiger partial charge is 0.299 e. The molecule has 1 aromatic carbocycles. The number of rotatable bonds is 2. The molecule has 0 bridgehead atoms. The average molecular weight is 293 g/mol. The van der Waals surface area contributed by atoms with Crippen molar-refractivity contribution in [1.29, 1.82) is 0 Å². The molecular formula is C13H9ClN2O2S. The van der Waals surface area contributed by atoms with E-state index in [0.29, 0.717) is 22.8 Å². The summed E-state index contributed by atoms with van der Waals surface area (Å²) in [6.07, 6.45) is 1.72. The first kappa shape index (κ1) is 12.3. The minimum atomic E-state index is -0.540. The van der Waals surface area contributed by atoms with Crippen molar-refractivity contribution in [3.63, 3.8) is 0 Å². The number of ketones is 1. The first-order chi connectivity index (χ1) is 9.08. The van der Waals surface area contributed by atoms with Crippen LogP contribution < -0.4 is 4.90 Å². The van der Waals surface area contributed by atoms with Gasteiger partial charge in [0.2, 0.25) is 0 Å². The third-order valence-electron chi connectivity index (χ3n) is 2.93. The van der Waals surface area contributed by atoms with Gasteiger partial charge in [-0.25, -0.2) is 4.98 Å². The monoisotopic (exact) mass is 292 g/mol. The average Bonchev–Trinajstić information content (AvgIpc) is 2.88. The summed E-state index contributed by atoms with van der Waals surface area (Å²) in [5.41, 5.74) is 0.879. The van der Waals surface area contributed by atoms with E-state index in [9.17, 15) is 9.59 Å². The second-order valence-electron chi connectivity index (χ2n) is 4.20. The first-order valence-electron chi connectivity index (χ1n) is 5.64. The Morgan fingerprint density at radius 2 is 2.16 bits per heavy atom. The molecule has 2 heterocycles. The molecule has 0 fully saturated rings. The first-order valence-corrected chi connectivity index (χ1v) is 6.83. The highest BCUT2D eigenvalue weighted by Gasteiger charge is 2.37. The molecule has 96 valence electrons. The third-order valence-corrected chi connectivity index (χ3v) is 4.14. The number of Topliss-reactive ketones (excluding diaryl/α,β-unsaturated/α-hetero) is 1. The predicted molar refractivity (Wildman–Crippen MR) is 73.8 cm³/mol. The summed E-state index contributed by atoms with van der Waals surface area (Å²) in [6, 6.07) is 5.09. The van der Waals surface area contributed by atoms with Crippen molar-refractivity contribution in [2.75, 3.05) is 4.90 Å². The van der Waals surface area contributed by atoms with Gasteiger partial charge in [-0.3, -0.25) is 14.5 Å². The zero-order chi connectivity index (χ0) is 13.6. The van der Waals surface area contributed by atoms with Crippen LogP contribution in [0.15, 0.2) is 24.4 Å². The maximum atomic E-state index is 12.0. The minimum Gasteiger partial charge on any atom is -0.299 e. The van der Waals surface area contributed by atoms with E-state index in [1.807, 2.05) is 6.92 Å². The number of benzene rings is 1. The van der Waals surface area contributed by atoms with Crippen LogP contribution in [0, 0.1) is 6.92 Å². The van der Waals surface area contributed by atoms with E-state index in [4.69, 9.17) is 11.6 Å². The van der Waals surface area contributed by atoms with Crippen LogP contribution in [0.5, 0.6) is 0 Å². The van der Waals surface area contributed by atoms with Crippen LogP contribution in [-0.4, -0.2) is 16.7 Å². The molecule has 0 spiro atoms. The highest BCUT2D eigenvalue weighted by Crippen LogP contribution is 2.35. The topological polar surface area (TPSA) is 50.3 Å². The van der Waals surface area contributed by atoms with Gasteiger partial charge in [0, 0.05) is 11.1 Å². The highest BCUT2D eigenvalue weighted by atomic mass is 35.5. The van der Waals surface area contributed by atoms with Crippen molar-refractivity contribution < 1.29 is 9.59 Å². The molecule has 1 aliphatic heterocycles. The molecule has 0 unspecified atom stereocenters. The molecule has 3 rings (SSSR count). The maximum absolute atomic E-state index is 12.0. The number of carbonyl (C=O) groups excluding carboxylic acids is 2. The molecule has 2 aromatic rings. The Morgan fingerprint density at radius 1 is 1.37 bits per heavy atom. The number of nitrogens with zero attached hydrogens (tertiary/aromatic N) is 2. The lowest BCUT2D eigenvalue weighted by Gasteiger charge is -2.14. The van der Waals surface area contributed by atoms with Gasteiger partial charge in [-0.1, -0.05) is 17.7 Å². The van der Waals surface area contributed by atoms with Crippen LogP contribution in [0.2, 0.25) is 5.02 Å². The van der Waals surface area contributed by atoms with Crippen molar-refractivity contribution in [2.45, 2.75) is 13.5 Å². The van der Waals surface area contributed by atoms with E-state index in [2.05, 4.69) is 4.98 Å². The lowest BCUT2D eigenvalue weighted by atomic mass is 10.1. The van der Waals surface area contributed by atoms with E-state index in [0.717, 1.165) is 9.88 Å². The molecule has 0 saturated carbocycles. The minimum absolute atomic E-state index is 0.301. The quantitative estimate of drug-likeness (QED) is 0.800. The number of amides is 1. The van der Waals surface area contributed by atoms with Crippen LogP contribution in [0.25, 0.3) is 0 Å². The number of carbonyl (C=O) groups is 2. The van der Waals surface area contributed by atoms with Gasteiger partial charge in [0.1, 0.15) is 0 Å². The summed E-state index contributed by atoms with van der Waals surface area (Å²) >= 11 is 7.50. The maximum Gasteiger partial charge on any atom is 0.299 e. The molecule has 6 heteroatoms. The summed E-state index contributed by atoms with van der Waals surface area (Å²) in [5.74, 6) is -1.07. The molecule has 0 atom stereocenters. The van der Waals surface area contributed by atoms with E-state index in [1.165, 1.54) is 16.2 Å². The molecule has 1 amide bonds. The Balaban J connectivity index is 2.02. The second-order valence-corrected chi connectivity index (χ2v) is 5.93. The van der Waals surface area contributed by atoms with E-state index >= 15 is 0 Å². The van der Waals surface area contributed by atoms with Gasteiger partial charge in [-0.2, -0.15) is 0 Å². The number of thiazole rings is 1. The van der Waals surface area contributed by atoms with Gasteiger partial charge in [-0.15, -0.1) is 11.3 Å². The van der Waals surface area contributed by atoms with Crippen molar-refractivity contribution in [1.82, 2.24) is 4.98 Å². The SMILES string of the molecule is Cc1ncc(CN2C(=O)C(=O)c3c(Cl)cccc32)s1. The van der Waals surface area contributed by atoms with Crippen LogP contribution in [-0.2, 0) is 11.3 Å². The van der Waals surface area contributed by atoms with Crippen molar-refractivity contribution in [3.05, 3.63) is 44.9 Å². The van der Waals surface area contributed by atoms with E-state index in [-0.39, 0.29) is 0 Å². The predicted octanol–water partition coefficient (Wildman–Crippen LogP) is 2.83. The number of halogens is 1. The second kappa shape index (κ2) is 4.43. The van der Waals surface area contributed by atoms with Gasteiger partial charge in [0.05, 0.1) is 27.8 Å². The van der Waals surface area contributed by atoms with Crippen LogP contribution in [0.3, 0.4) is 0 Å². The summed E-state index contributed by atoms with van der Waals surface area (Å²) in [7, 11) is 0. The number of aromatic nitrogens is 1. The molecule has 4 nitrogen and oxygen atoms in total. The van der Waals surface area contributed by atoms with E-state index < -0.39 is 11.7 Å². The molecule has 0 radical (unpaired) electrons. The molecule has 1 aliphatic rings. The number of aryl methyl sites for hydroxylation is 1. The lowest BCUT2D eigenvalue weighted by Crippen LogP contribution is -2.28. The van der Waals surface area contributed by atoms with Crippen molar-refractivity contribution >= 4 is 40.3 Å². The van der Waals surface area contributed by atoms with Gasteiger partial charge < -0.3 is 0 Å². The van der Waals surface area contributed by atoms with Gasteiger partial charge in [0.25, 0.3) is 11.7 Å². The fourth-order valence-corrected chi connectivity index (χ4v) is 3.13. The summed E-state index contributed by atoms with van der Waals surface area (Å²) in [4.78, 5) is 30.5. The van der Waals surface area contributed by atoms with Crippen molar-refractivity contribution in [2.24, 2.45) is 0 Å². The van der Waals surface area contributed by atoms with Gasteiger partial charge in [0.15, 0.2) is 0 Å². The van der Waals surface area contributed by atoms with E-state index in [1.54, 1.807) is 24.4 Å². The zero-order valence-corrected chi connectivity index (χ0v) is 11.6. The third kappa shape index (κ3) is 1.95. The molecule has 1 aromatic heterocycles. The van der Waals surface area contributed by atoms with Crippen molar-refractivity contribution in [3.8, 4) is 0 Å². The van der Waals surface area contributed by atoms with Gasteiger partial charge >= 0.3 is 0 Å². The Morgan fingerprint density at radius 3 is 2.84 bits per heavy atom. The molecular weight excluding hydrogens is 284 g/mol. The molecule has 0 N–H and O–H groups in total. The smallest absolute Gasteiger partial charge is 0.299 e. The number of anilines is 1. The van der Waals surface area contributed by atoms with Gasteiger partial charge in [-0.05, 0) is 19.1 Å². The summed E-state index contributed by atoms with van der Waals surface area (Å²) < 4.78 is 0. The standard InChI is InChI=1S/C13H9ClN2O2S/c1-7-15-5-8(19-7)6-16-10-4-2-3-9(14)11(10)12(17)13(16)18/h2-5H,6H2,1H3. The molecule has 0 aliphatic carbocycles. The normalized spacial score (nSPS) is 14.1. The number of hydrogen-bond donors (Lipinski definition) is 0. The molecule has 0 saturated heterocycles. The fraction of sp³-hybridized carbons (Fsp3) is 0.154. The number of fused-ring (bicyclic) bond motifs is 1. The summed E-state index contributed by atoms with van der Waals surface area (Å²) in [6.45, 7) is 2.25. The Bertz CT molecular complexity index is 696.